The van der Waals surface area contributed by atoms with E-state index in [-0.39, 0.29) is 11.5 Å². The zero-order chi connectivity index (χ0) is 16.4. The lowest BCUT2D eigenvalue weighted by molar-refractivity contribution is -0.127. The van der Waals surface area contributed by atoms with Gasteiger partial charge in [-0.2, -0.15) is 0 Å². The number of fused-ring (bicyclic) bond motifs is 5. The molecule has 0 aromatic heterocycles. The zero-order valence-electron chi connectivity index (χ0n) is 15.0. The quantitative estimate of drug-likeness (QED) is 0.722. The Bertz CT molecular complexity index is 550. The molecule has 0 bridgehead atoms. The fourth-order valence-corrected chi connectivity index (χ4v) is 7.38. The largest absolute Gasteiger partial charge is 0.389 e. The monoisotopic (exact) mass is 316 g/mol. The van der Waals surface area contributed by atoms with Crippen molar-refractivity contribution in [3.8, 4) is 0 Å². The normalized spacial score (nSPS) is 52.2. The fraction of sp³-hybridized carbons (Fsp3) is 0.857. The lowest BCUT2D eigenvalue weighted by Gasteiger charge is -2.58. The van der Waals surface area contributed by atoms with Crippen molar-refractivity contribution in [2.45, 2.75) is 78.2 Å². The van der Waals surface area contributed by atoms with Crippen LogP contribution in [0.15, 0.2) is 11.6 Å². The van der Waals surface area contributed by atoms with Crippen LogP contribution in [0.3, 0.4) is 0 Å². The Kier molecular flexibility index (Phi) is 3.58. The smallest absolute Gasteiger partial charge is 0.133 e. The molecule has 4 rings (SSSR count). The highest BCUT2D eigenvalue weighted by molar-refractivity contribution is 5.79. The predicted molar refractivity (Wildman–Crippen MR) is 91.9 cm³/mol. The van der Waals surface area contributed by atoms with Crippen LogP contribution in [0, 0.1) is 34.5 Å². The van der Waals surface area contributed by atoms with Gasteiger partial charge in [0.05, 0.1) is 6.10 Å². The summed E-state index contributed by atoms with van der Waals surface area (Å²) in [6, 6.07) is 0. The fourth-order valence-electron chi connectivity index (χ4n) is 7.38. The molecule has 0 saturated heterocycles. The maximum atomic E-state index is 12.2. The number of rotatable bonds is 1. The van der Waals surface area contributed by atoms with Crippen LogP contribution in [0.4, 0.5) is 0 Å². The van der Waals surface area contributed by atoms with Crippen LogP contribution in [0.2, 0.25) is 0 Å². The molecule has 0 aliphatic heterocycles. The van der Waals surface area contributed by atoms with Gasteiger partial charge in [0.1, 0.15) is 5.78 Å². The first-order valence-electron chi connectivity index (χ1n) is 9.76. The van der Waals surface area contributed by atoms with E-state index < -0.39 is 0 Å². The Hall–Kier alpha value is -0.630. The standard InChI is InChI=1S/C21H32O2/c1-13(22)17-6-7-18-16-5-4-14-12-15(23)8-10-20(14,2)19(16)9-11-21(17,18)3/h12,15-19,23H,4-11H2,1-3H3/t15-,16?,17+,18?,19?,20-,21+/m0/s1. The third kappa shape index (κ3) is 2.13. The van der Waals surface area contributed by atoms with Gasteiger partial charge in [-0.25, -0.2) is 0 Å². The molecule has 4 aliphatic rings. The lowest BCUT2D eigenvalue weighted by Crippen LogP contribution is -2.51. The third-order valence-corrected chi connectivity index (χ3v) is 8.58. The summed E-state index contributed by atoms with van der Waals surface area (Å²) in [5.41, 5.74) is 2.12. The van der Waals surface area contributed by atoms with Gasteiger partial charge in [-0.15, -0.1) is 0 Å². The Morgan fingerprint density at radius 2 is 1.87 bits per heavy atom. The van der Waals surface area contributed by atoms with Crippen molar-refractivity contribution < 1.29 is 9.90 Å². The number of allylic oxidation sites excluding steroid dienone is 1. The van der Waals surface area contributed by atoms with Gasteiger partial charge in [-0.1, -0.05) is 25.5 Å². The van der Waals surface area contributed by atoms with Crippen LogP contribution in [0.25, 0.3) is 0 Å². The minimum absolute atomic E-state index is 0.211. The molecule has 3 fully saturated rings. The summed E-state index contributed by atoms with van der Waals surface area (Å²) in [5.74, 6) is 3.07. The van der Waals surface area contributed by atoms with Crippen molar-refractivity contribution in [2.75, 3.05) is 0 Å². The number of Topliss-reactive ketones (excluding diaryl/α,β-unsaturated/α-hetero) is 1. The Balaban J connectivity index is 1.66. The van der Waals surface area contributed by atoms with Crippen LogP contribution in [0.1, 0.15) is 72.1 Å². The van der Waals surface area contributed by atoms with E-state index in [4.69, 9.17) is 0 Å². The number of ketones is 1. The summed E-state index contributed by atoms with van der Waals surface area (Å²) in [4.78, 5) is 12.2. The molecule has 0 amide bonds. The van der Waals surface area contributed by atoms with Crippen LogP contribution in [0.5, 0.6) is 0 Å². The predicted octanol–water partition coefficient (Wildman–Crippen LogP) is 4.52. The van der Waals surface area contributed by atoms with Crippen molar-refractivity contribution in [3.05, 3.63) is 11.6 Å². The van der Waals surface area contributed by atoms with E-state index in [1.54, 1.807) is 5.57 Å². The molecule has 128 valence electrons. The van der Waals surface area contributed by atoms with Crippen molar-refractivity contribution in [2.24, 2.45) is 34.5 Å². The molecule has 23 heavy (non-hydrogen) atoms. The van der Waals surface area contributed by atoms with Gasteiger partial charge < -0.3 is 5.11 Å². The molecular formula is C21H32O2. The lowest BCUT2D eigenvalue weighted by atomic mass is 9.46. The minimum Gasteiger partial charge on any atom is -0.389 e. The molecule has 0 aromatic carbocycles. The van der Waals surface area contributed by atoms with Crippen molar-refractivity contribution in [1.82, 2.24) is 0 Å². The number of hydrogen-bond acceptors (Lipinski definition) is 2. The van der Waals surface area contributed by atoms with Crippen molar-refractivity contribution in [1.29, 1.82) is 0 Å². The van der Waals surface area contributed by atoms with E-state index in [2.05, 4.69) is 19.9 Å². The van der Waals surface area contributed by atoms with Gasteiger partial charge in [0.15, 0.2) is 0 Å². The highest BCUT2D eigenvalue weighted by Gasteiger charge is 2.59. The molecular weight excluding hydrogens is 284 g/mol. The first kappa shape index (κ1) is 15.9. The van der Waals surface area contributed by atoms with E-state index in [1.165, 1.54) is 32.1 Å². The summed E-state index contributed by atoms with van der Waals surface area (Å²) in [5, 5.41) is 10.0. The van der Waals surface area contributed by atoms with Gasteiger partial charge in [0.25, 0.3) is 0 Å². The molecule has 0 aromatic rings. The average Bonchev–Trinajstić information content (AvgIpc) is 2.85. The first-order valence-corrected chi connectivity index (χ1v) is 9.76. The third-order valence-electron chi connectivity index (χ3n) is 8.58. The van der Waals surface area contributed by atoms with E-state index >= 15 is 0 Å². The van der Waals surface area contributed by atoms with Gasteiger partial charge in [0.2, 0.25) is 0 Å². The van der Waals surface area contributed by atoms with Crippen LogP contribution in [-0.2, 0) is 4.79 Å². The number of carbonyl (C=O) groups is 1. The second-order valence-corrected chi connectivity index (χ2v) is 9.42. The summed E-state index contributed by atoms with van der Waals surface area (Å²) >= 11 is 0. The SMILES string of the molecule is CC(=O)[C@H]1CCC2C3CCC4=C[C@@H](O)CC[C@]4(C)C3CC[C@@]21C. The van der Waals surface area contributed by atoms with E-state index in [0.29, 0.717) is 17.1 Å². The summed E-state index contributed by atoms with van der Waals surface area (Å²) in [6.45, 7) is 6.71. The first-order chi connectivity index (χ1) is 10.9. The second kappa shape index (κ2) is 5.18. The average molecular weight is 316 g/mol. The number of hydrogen-bond donors (Lipinski definition) is 1. The molecule has 2 heteroatoms. The van der Waals surface area contributed by atoms with Crippen LogP contribution >= 0.6 is 0 Å². The molecule has 0 radical (unpaired) electrons. The molecule has 0 spiro atoms. The van der Waals surface area contributed by atoms with Crippen molar-refractivity contribution >= 4 is 5.78 Å². The Morgan fingerprint density at radius 3 is 2.61 bits per heavy atom. The number of aliphatic hydroxyl groups is 1. The van der Waals surface area contributed by atoms with Gasteiger partial charge in [0, 0.05) is 5.92 Å². The molecule has 1 N–H and O–H groups in total. The maximum absolute atomic E-state index is 12.2. The van der Waals surface area contributed by atoms with Crippen LogP contribution in [-0.4, -0.2) is 17.0 Å². The van der Waals surface area contributed by atoms with E-state index in [1.807, 2.05) is 6.92 Å². The molecule has 0 heterocycles. The Labute approximate surface area is 140 Å². The molecule has 4 aliphatic carbocycles. The molecule has 2 nitrogen and oxygen atoms in total. The summed E-state index contributed by atoms with van der Waals surface area (Å²) in [6.07, 6.45) is 11.4. The molecule has 3 saturated carbocycles. The number of carbonyl (C=O) groups excluding carboxylic acids is 1. The summed E-state index contributed by atoms with van der Waals surface area (Å²) < 4.78 is 0. The van der Waals surface area contributed by atoms with Gasteiger partial charge in [-0.3, -0.25) is 4.79 Å². The zero-order valence-corrected chi connectivity index (χ0v) is 15.0. The summed E-state index contributed by atoms with van der Waals surface area (Å²) in [7, 11) is 0. The minimum atomic E-state index is -0.211. The van der Waals surface area contributed by atoms with Gasteiger partial charge >= 0.3 is 0 Å². The number of aliphatic hydroxyl groups excluding tert-OH is 1. The maximum Gasteiger partial charge on any atom is 0.133 e. The highest BCUT2D eigenvalue weighted by Crippen LogP contribution is 2.66. The molecule has 7 atom stereocenters. The molecule has 3 unspecified atom stereocenters. The van der Waals surface area contributed by atoms with Crippen LogP contribution < -0.4 is 0 Å². The van der Waals surface area contributed by atoms with E-state index in [0.717, 1.165) is 37.0 Å². The Morgan fingerprint density at radius 1 is 1.09 bits per heavy atom. The highest BCUT2D eigenvalue weighted by atomic mass is 16.3. The van der Waals surface area contributed by atoms with Gasteiger partial charge in [-0.05, 0) is 86.9 Å². The topological polar surface area (TPSA) is 37.3 Å². The second-order valence-electron chi connectivity index (χ2n) is 9.42. The van der Waals surface area contributed by atoms with Crippen molar-refractivity contribution in [3.63, 3.8) is 0 Å². The van der Waals surface area contributed by atoms with E-state index in [9.17, 15) is 9.90 Å².